The monoisotopic (exact) mass is 236 g/mol. The average molecular weight is 236 g/mol. The molecule has 92 valence electrons. The molecule has 0 atom stereocenters. The molecule has 0 fully saturated rings. The number of phenolic OH excluding ortho intramolecular Hbond substituents is 1. The van der Waals surface area contributed by atoms with Gasteiger partial charge in [-0.3, -0.25) is 0 Å². The van der Waals surface area contributed by atoms with Crippen molar-refractivity contribution in [2.24, 2.45) is 10.3 Å². The second-order valence-electron chi connectivity index (χ2n) is 4.74. The molecule has 0 aliphatic carbocycles. The van der Waals surface area contributed by atoms with E-state index in [1.165, 1.54) is 0 Å². The van der Waals surface area contributed by atoms with Crippen LogP contribution in [-0.4, -0.2) is 28.0 Å². The Bertz CT molecular complexity index is 426. The largest absolute Gasteiger partial charge is 0.507 e. The molecular formula is C12H16N2O3. The highest BCUT2D eigenvalue weighted by Gasteiger charge is 2.17. The van der Waals surface area contributed by atoms with Crippen molar-refractivity contribution in [1.29, 1.82) is 0 Å². The summed E-state index contributed by atoms with van der Waals surface area (Å²) in [7, 11) is 0. The fourth-order valence-corrected chi connectivity index (χ4v) is 1.43. The van der Waals surface area contributed by atoms with Crippen molar-refractivity contribution in [3.8, 4) is 5.75 Å². The fourth-order valence-electron chi connectivity index (χ4n) is 1.43. The Balaban J connectivity index is 3.47. The number of rotatable bonds is 2. The van der Waals surface area contributed by atoms with Crippen molar-refractivity contribution in [2.75, 3.05) is 0 Å². The predicted molar refractivity (Wildman–Crippen MR) is 65.6 cm³/mol. The van der Waals surface area contributed by atoms with Gasteiger partial charge < -0.3 is 15.5 Å². The van der Waals surface area contributed by atoms with Gasteiger partial charge in [0.2, 0.25) is 0 Å². The van der Waals surface area contributed by atoms with Gasteiger partial charge in [-0.2, -0.15) is 0 Å². The van der Waals surface area contributed by atoms with Crippen LogP contribution in [-0.2, 0) is 5.41 Å². The van der Waals surface area contributed by atoms with Crippen LogP contribution in [0.2, 0.25) is 0 Å². The molecular weight excluding hydrogens is 220 g/mol. The van der Waals surface area contributed by atoms with Gasteiger partial charge in [-0.1, -0.05) is 31.1 Å². The molecule has 1 aromatic rings. The molecule has 0 heterocycles. The first kappa shape index (κ1) is 13.0. The second-order valence-corrected chi connectivity index (χ2v) is 4.74. The van der Waals surface area contributed by atoms with Crippen molar-refractivity contribution in [1.82, 2.24) is 0 Å². The Labute approximate surface area is 99.7 Å². The first-order valence-corrected chi connectivity index (χ1v) is 5.12. The minimum absolute atomic E-state index is 0.0893. The van der Waals surface area contributed by atoms with E-state index in [0.29, 0.717) is 11.1 Å². The van der Waals surface area contributed by atoms with Crippen molar-refractivity contribution in [3.63, 3.8) is 0 Å². The van der Waals surface area contributed by atoms with E-state index in [4.69, 9.17) is 10.4 Å². The van der Waals surface area contributed by atoms with Gasteiger partial charge in [0.05, 0.1) is 12.4 Å². The van der Waals surface area contributed by atoms with Crippen LogP contribution in [0.3, 0.4) is 0 Å². The number of nitrogens with zero attached hydrogens (tertiary/aromatic N) is 2. The van der Waals surface area contributed by atoms with Gasteiger partial charge >= 0.3 is 0 Å². The number of hydrogen-bond acceptors (Lipinski definition) is 5. The summed E-state index contributed by atoms with van der Waals surface area (Å²) in [6.45, 7) is 6.04. The zero-order valence-electron chi connectivity index (χ0n) is 10.0. The van der Waals surface area contributed by atoms with E-state index in [1.54, 1.807) is 12.1 Å². The first-order valence-electron chi connectivity index (χ1n) is 5.12. The zero-order valence-corrected chi connectivity index (χ0v) is 10.0. The summed E-state index contributed by atoms with van der Waals surface area (Å²) < 4.78 is 0. The van der Waals surface area contributed by atoms with Crippen LogP contribution in [0.4, 0.5) is 0 Å². The highest BCUT2D eigenvalue weighted by molar-refractivity contribution is 5.92. The highest BCUT2D eigenvalue weighted by atomic mass is 16.4. The third kappa shape index (κ3) is 2.96. The molecule has 1 rings (SSSR count). The third-order valence-electron chi connectivity index (χ3n) is 2.43. The minimum atomic E-state index is -0.135. The van der Waals surface area contributed by atoms with E-state index in [2.05, 4.69) is 10.3 Å². The number of benzene rings is 1. The van der Waals surface area contributed by atoms with Crippen LogP contribution in [0.1, 0.15) is 37.5 Å². The topological polar surface area (TPSA) is 85.4 Å². The van der Waals surface area contributed by atoms with Crippen LogP contribution >= 0.6 is 0 Å². The van der Waals surface area contributed by atoms with Gasteiger partial charge in [-0.05, 0) is 23.1 Å². The maximum Gasteiger partial charge on any atom is 0.133 e. The molecule has 0 amide bonds. The lowest BCUT2D eigenvalue weighted by molar-refractivity contribution is 0.321. The molecule has 5 heteroatoms. The van der Waals surface area contributed by atoms with Crippen LogP contribution < -0.4 is 0 Å². The summed E-state index contributed by atoms with van der Waals surface area (Å²) in [6.07, 6.45) is 2.28. The SMILES string of the molecule is CC(C)(C)c1cc(/C=N\O)c(O)c(/C=N\O)c1. The van der Waals surface area contributed by atoms with Crippen LogP contribution in [0.25, 0.3) is 0 Å². The lowest BCUT2D eigenvalue weighted by Crippen LogP contribution is -2.12. The Morgan fingerprint density at radius 1 is 1.00 bits per heavy atom. The molecule has 1 aromatic carbocycles. The van der Waals surface area contributed by atoms with E-state index in [9.17, 15) is 5.11 Å². The molecule has 17 heavy (non-hydrogen) atoms. The van der Waals surface area contributed by atoms with Gasteiger partial charge in [-0.25, -0.2) is 0 Å². The molecule has 5 nitrogen and oxygen atoms in total. The maximum atomic E-state index is 9.84. The molecule has 0 aromatic heterocycles. The maximum absolute atomic E-state index is 9.84. The highest BCUT2D eigenvalue weighted by Crippen LogP contribution is 2.29. The quantitative estimate of drug-likeness (QED) is 0.418. The van der Waals surface area contributed by atoms with Crippen LogP contribution in [0.15, 0.2) is 22.4 Å². The molecule has 0 aliphatic rings. The fraction of sp³-hybridized carbons (Fsp3) is 0.333. The Hall–Kier alpha value is -2.04. The van der Waals surface area contributed by atoms with E-state index < -0.39 is 0 Å². The van der Waals surface area contributed by atoms with E-state index >= 15 is 0 Å². The molecule has 0 radical (unpaired) electrons. The zero-order chi connectivity index (χ0) is 13.1. The van der Waals surface area contributed by atoms with Gasteiger partial charge in [-0.15, -0.1) is 0 Å². The summed E-state index contributed by atoms with van der Waals surface area (Å²) in [5.74, 6) is -0.0893. The molecule has 0 saturated carbocycles. The normalized spacial score (nSPS) is 12.6. The van der Waals surface area contributed by atoms with E-state index in [0.717, 1.165) is 18.0 Å². The molecule has 0 unspecified atom stereocenters. The first-order chi connectivity index (χ1) is 7.90. The van der Waals surface area contributed by atoms with Gasteiger partial charge in [0.25, 0.3) is 0 Å². The molecule has 0 saturated heterocycles. The summed E-state index contributed by atoms with van der Waals surface area (Å²) >= 11 is 0. The molecule has 0 spiro atoms. The standard InChI is InChI=1S/C12H16N2O3/c1-12(2,3)10-4-8(6-13-16)11(15)9(5-10)7-14-17/h4-7,15-17H,1-3H3/b13-6-,14-7-. The lowest BCUT2D eigenvalue weighted by atomic mass is 9.85. The van der Waals surface area contributed by atoms with E-state index in [-0.39, 0.29) is 11.2 Å². The van der Waals surface area contributed by atoms with Crippen molar-refractivity contribution in [3.05, 3.63) is 28.8 Å². The Kier molecular flexibility index (Phi) is 3.73. The average Bonchev–Trinajstić information content (AvgIpc) is 2.22. The molecule has 0 aliphatic heterocycles. The predicted octanol–water partition coefficient (Wildman–Crippen LogP) is 2.31. The summed E-state index contributed by atoms with van der Waals surface area (Å²) in [5, 5.41) is 32.7. The molecule has 0 bridgehead atoms. The van der Waals surface area contributed by atoms with Crippen molar-refractivity contribution < 1.29 is 15.5 Å². The summed E-state index contributed by atoms with van der Waals surface area (Å²) in [4.78, 5) is 0. The van der Waals surface area contributed by atoms with Gasteiger partial charge in [0, 0.05) is 11.1 Å². The third-order valence-corrected chi connectivity index (χ3v) is 2.43. The van der Waals surface area contributed by atoms with Crippen molar-refractivity contribution >= 4 is 12.4 Å². The number of hydrogen-bond donors (Lipinski definition) is 3. The molecule has 3 N–H and O–H groups in total. The number of phenols is 1. The minimum Gasteiger partial charge on any atom is -0.507 e. The van der Waals surface area contributed by atoms with Crippen molar-refractivity contribution in [2.45, 2.75) is 26.2 Å². The Morgan fingerprint density at radius 3 is 1.71 bits per heavy atom. The number of aromatic hydroxyl groups is 1. The number of oxime groups is 2. The van der Waals surface area contributed by atoms with Gasteiger partial charge in [0.15, 0.2) is 0 Å². The smallest absolute Gasteiger partial charge is 0.133 e. The Morgan fingerprint density at radius 2 is 1.41 bits per heavy atom. The van der Waals surface area contributed by atoms with Gasteiger partial charge in [0.1, 0.15) is 5.75 Å². The lowest BCUT2D eigenvalue weighted by Gasteiger charge is -2.20. The summed E-state index contributed by atoms with van der Waals surface area (Å²) in [5.41, 5.74) is 1.54. The van der Waals surface area contributed by atoms with Crippen LogP contribution in [0, 0.1) is 0 Å². The van der Waals surface area contributed by atoms with E-state index in [1.807, 2.05) is 20.8 Å². The summed E-state index contributed by atoms with van der Waals surface area (Å²) in [6, 6.07) is 3.45. The second kappa shape index (κ2) is 4.86. The van der Waals surface area contributed by atoms with Crippen LogP contribution in [0.5, 0.6) is 5.75 Å².